The predicted molar refractivity (Wildman–Crippen MR) is 48.3 cm³/mol. The smallest absolute Gasteiger partial charge is 0.0645 e. The molecule has 60 valence electrons. The quantitative estimate of drug-likeness (QED) is 0.622. The summed E-state index contributed by atoms with van der Waals surface area (Å²) in [7, 11) is 0. The Morgan fingerprint density at radius 3 is 2.50 bits per heavy atom. The van der Waals surface area contributed by atoms with Crippen LogP contribution >= 0.6 is 0 Å². The molecule has 0 N–H and O–H groups in total. The van der Waals surface area contributed by atoms with Gasteiger partial charge < -0.3 is 0 Å². The molecule has 2 rings (SSSR count). The summed E-state index contributed by atoms with van der Waals surface area (Å²) in [6, 6.07) is 10.1. The van der Waals surface area contributed by atoms with Gasteiger partial charge in [-0.15, -0.1) is 0 Å². The number of hydrogen-bond donors (Lipinski definition) is 0. The zero-order valence-electron chi connectivity index (χ0n) is 6.94. The van der Waals surface area contributed by atoms with Crippen LogP contribution in [0.15, 0.2) is 42.7 Å². The van der Waals surface area contributed by atoms with Crippen LogP contribution in [0.5, 0.6) is 0 Å². The van der Waals surface area contributed by atoms with E-state index < -0.39 is 0 Å². The van der Waals surface area contributed by atoms with Crippen LogP contribution < -0.4 is 0 Å². The van der Waals surface area contributed by atoms with Crippen molar-refractivity contribution in [3.63, 3.8) is 0 Å². The minimum absolute atomic E-state index is 1.10. The number of hydrogen-bond acceptors (Lipinski definition) is 1. The van der Waals surface area contributed by atoms with E-state index in [9.17, 15) is 0 Å². The molecule has 0 bridgehead atoms. The number of benzene rings is 1. The molecule has 2 nitrogen and oxygen atoms in total. The van der Waals surface area contributed by atoms with E-state index in [1.807, 2.05) is 54.3 Å². The van der Waals surface area contributed by atoms with Crippen molar-refractivity contribution in [1.82, 2.24) is 9.78 Å². The van der Waals surface area contributed by atoms with E-state index in [-0.39, 0.29) is 0 Å². The molecule has 1 heterocycles. The summed E-state index contributed by atoms with van der Waals surface area (Å²) in [5.74, 6) is 0. The van der Waals surface area contributed by atoms with Crippen LogP contribution in [0.3, 0.4) is 0 Å². The molecule has 0 saturated heterocycles. The van der Waals surface area contributed by atoms with Gasteiger partial charge in [0.15, 0.2) is 0 Å². The van der Waals surface area contributed by atoms with Gasteiger partial charge in [0.2, 0.25) is 0 Å². The minimum atomic E-state index is 1.10. The molecule has 2 aromatic rings. The van der Waals surface area contributed by atoms with Crippen LogP contribution in [0.25, 0.3) is 5.69 Å². The van der Waals surface area contributed by atoms with Crippen molar-refractivity contribution in [2.45, 2.75) is 6.92 Å². The van der Waals surface area contributed by atoms with E-state index in [0.717, 1.165) is 5.69 Å². The number of aromatic nitrogens is 2. The van der Waals surface area contributed by atoms with E-state index in [0.29, 0.717) is 0 Å². The first-order valence-electron chi connectivity index (χ1n) is 3.93. The van der Waals surface area contributed by atoms with Crippen molar-refractivity contribution in [2.75, 3.05) is 0 Å². The van der Waals surface area contributed by atoms with Crippen molar-refractivity contribution in [1.29, 1.82) is 0 Å². The normalized spacial score (nSPS) is 10.1. The summed E-state index contributed by atoms with van der Waals surface area (Å²) in [5.41, 5.74) is 2.28. The second-order valence-corrected chi connectivity index (χ2v) is 2.80. The molecule has 0 aliphatic heterocycles. The maximum absolute atomic E-state index is 4.20. The molecular weight excluding hydrogens is 148 g/mol. The fourth-order valence-electron chi connectivity index (χ4n) is 1.13. The summed E-state index contributed by atoms with van der Waals surface area (Å²) in [4.78, 5) is 0. The molecule has 0 atom stereocenters. The Balaban J connectivity index is 2.45. The van der Waals surface area contributed by atoms with E-state index in [4.69, 9.17) is 0 Å². The van der Waals surface area contributed by atoms with Crippen LogP contribution in [-0.4, -0.2) is 9.78 Å². The van der Waals surface area contributed by atoms with Gasteiger partial charge in [0, 0.05) is 6.20 Å². The second-order valence-electron chi connectivity index (χ2n) is 2.80. The Morgan fingerprint density at radius 1 is 1.17 bits per heavy atom. The zero-order valence-corrected chi connectivity index (χ0v) is 6.94. The lowest BCUT2D eigenvalue weighted by atomic mass is 10.3. The van der Waals surface area contributed by atoms with Crippen LogP contribution in [0, 0.1) is 6.92 Å². The summed E-state index contributed by atoms with van der Waals surface area (Å²) in [6.07, 6.45) is 3.86. The van der Waals surface area contributed by atoms with Gasteiger partial charge in [0.1, 0.15) is 0 Å². The molecule has 0 fully saturated rings. The van der Waals surface area contributed by atoms with E-state index in [1.54, 1.807) is 0 Å². The Hall–Kier alpha value is -1.57. The van der Waals surface area contributed by atoms with Gasteiger partial charge in [-0.3, -0.25) is 0 Å². The molecule has 0 radical (unpaired) electrons. The Kier molecular flexibility index (Phi) is 1.67. The third-order valence-corrected chi connectivity index (χ3v) is 1.73. The fourth-order valence-corrected chi connectivity index (χ4v) is 1.13. The van der Waals surface area contributed by atoms with Crippen molar-refractivity contribution in [2.24, 2.45) is 0 Å². The van der Waals surface area contributed by atoms with Crippen molar-refractivity contribution in [3.05, 3.63) is 48.3 Å². The standard InChI is InChI=1S/C10H10N2/c1-9-7-11-12(8-9)10-5-3-2-4-6-10/h2-8H,1H3. The molecule has 0 saturated carbocycles. The summed E-state index contributed by atoms with van der Waals surface area (Å²) in [6.45, 7) is 2.03. The minimum Gasteiger partial charge on any atom is -0.241 e. The van der Waals surface area contributed by atoms with Gasteiger partial charge in [-0.25, -0.2) is 4.68 Å². The Morgan fingerprint density at radius 2 is 1.92 bits per heavy atom. The lowest BCUT2D eigenvalue weighted by Crippen LogP contribution is -1.92. The Labute approximate surface area is 71.5 Å². The van der Waals surface area contributed by atoms with Crippen molar-refractivity contribution in [3.8, 4) is 5.69 Å². The van der Waals surface area contributed by atoms with Gasteiger partial charge in [-0.2, -0.15) is 5.10 Å². The molecule has 0 aliphatic rings. The molecule has 12 heavy (non-hydrogen) atoms. The number of para-hydroxylation sites is 1. The van der Waals surface area contributed by atoms with Crippen LogP contribution in [0.4, 0.5) is 0 Å². The third-order valence-electron chi connectivity index (χ3n) is 1.73. The van der Waals surface area contributed by atoms with Crippen molar-refractivity contribution >= 4 is 0 Å². The number of aryl methyl sites for hydroxylation is 1. The first kappa shape index (κ1) is 7.10. The second kappa shape index (κ2) is 2.81. The Bertz CT molecular complexity index is 362. The predicted octanol–water partition coefficient (Wildman–Crippen LogP) is 2.18. The lowest BCUT2D eigenvalue weighted by molar-refractivity contribution is 0.880. The lowest BCUT2D eigenvalue weighted by Gasteiger charge is -1.98. The highest BCUT2D eigenvalue weighted by molar-refractivity contribution is 5.30. The zero-order chi connectivity index (χ0) is 8.39. The van der Waals surface area contributed by atoms with Crippen LogP contribution in [0.1, 0.15) is 5.56 Å². The van der Waals surface area contributed by atoms with Gasteiger partial charge in [-0.1, -0.05) is 18.2 Å². The van der Waals surface area contributed by atoms with Gasteiger partial charge in [-0.05, 0) is 24.6 Å². The monoisotopic (exact) mass is 158 g/mol. The SMILES string of the molecule is Cc1cnn(-c2ccccc2)c1. The maximum Gasteiger partial charge on any atom is 0.0645 e. The fraction of sp³-hybridized carbons (Fsp3) is 0.100. The molecular formula is C10H10N2. The average molecular weight is 158 g/mol. The molecule has 0 spiro atoms. The third kappa shape index (κ3) is 1.23. The van der Waals surface area contributed by atoms with Crippen LogP contribution in [-0.2, 0) is 0 Å². The van der Waals surface area contributed by atoms with E-state index >= 15 is 0 Å². The highest BCUT2D eigenvalue weighted by atomic mass is 15.3. The molecule has 1 aromatic carbocycles. The summed E-state index contributed by atoms with van der Waals surface area (Å²) >= 11 is 0. The summed E-state index contributed by atoms with van der Waals surface area (Å²) in [5, 5.41) is 4.20. The first-order chi connectivity index (χ1) is 5.86. The summed E-state index contributed by atoms with van der Waals surface area (Å²) < 4.78 is 1.87. The van der Waals surface area contributed by atoms with E-state index in [1.165, 1.54) is 5.56 Å². The van der Waals surface area contributed by atoms with Crippen LogP contribution in [0.2, 0.25) is 0 Å². The van der Waals surface area contributed by atoms with Crippen molar-refractivity contribution < 1.29 is 0 Å². The molecule has 1 aromatic heterocycles. The average Bonchev–Trinajstić information content (AvgIpc) is 2.54. The van der Waals surface area contributed by atoms with Gasteiger partial charge >= 0.3 is 0 Å². The molecule has 0 unspecified atom stereocenters. The number of nitrogens with zero attached hydrogens (tertiary/aromatic N) is 2. The largest absolute Gasteiger partial charge is 0.241 e. The van der Waals surface area contributed by atoms with Gasteiger partial charge in [0.05, 0.1) is 11.9 Å². The molecule has 2 heteroatoms. The first-order valence-corrected chi connectivity index (χ1v) is 3.93. The highest BCUT2D eigenvalue weighted by Gasteiger charge is 1.94. The van der Waals surface area contributed by atoms with Gasteiger partial charge in [0.25, 0.3) is 0 Å². The maximum atomic E-state index is 4.20. The molecule has 0 amide bonds. The topological polar surface area (TPSA) is 17.8 Å². The highest BCUT2D eigenvalue weighted by Crippen LogP contribution is 2.05. The van der Waals surface area contributed by atoms with E-state index in [2.05, 4.69) is 5.10 Å². The molecule has 0 aliphatic carbocycles. The number of rotatable bonds is 1.